The predicted octanol–water partition coefficient (Wildman–Crippen LogP) is 5.13. The number of aromatic amines is 1. The lowest BCUT2D eigenvalue weighted by Gasteiger charge is -2.30. The average Bonchev–Trinajstić information content (AvgIpc) is 3.35. The van der Waals surface area contributed by atoms with Crippen molar-refractivity contribution in [3.05, 3.63) is 108 Å². The second-order valence-corrected chi connectivity index (χ2v) is 8.23. The van der Waals surface area contributed by atoms with E-state index >= 15 is 0 Å². The summed E-state index contributed by atoms with van der Waals surface area (Å²) in [5.74, 6) is 0.631. The van der Waals surface area contributed by atoms with Crippen LogP contribution >= 0.6 is 0 Å². The van der Waals surface area contributed by atoms with Crippen LogP contribution in [0.1, 0.15) is 40.3 Å². The van der Waals surface area contributed by atoms with Crippen molar-refractivity contribution in [2.24, 2.45) is 0 Å². The highest BCUT2D eigenvalue weighted by Crippen LogP contribution is 2.25. The molecule has 0 aliphatic carbocycles. The Morgan fingerprint density at radius 3 is 2.47 bits per heavy atom. The lowest BCUT2D eigenvalue weighted by atomic mass is 9.99. The van der Waals surface area contributed by atoms with Crippen LogP contribution in [0.2, 0.25) is 0 Å². The molecule has 1 aliphatic heterocycles. The van der Waals surface area contributed by atoms with Crippen LogP contribution in [0.25, 0.3) is 11.3 Å². The van der Waals surface area contributed by atoms with E-state index in [1.807, 2.05) is 61.5 Å². The zero-order valence-corrected chi connectivity index (χ0v) is 18.1. The topological polar surface area (TPSA) is 61.0 Å². The van der Waals surface area contributed by atoms with E-state index in [2.05, 4.69) is 44.5 Å². The molecule has 5 nitrogen and oxygen atoms in total. The fourth-order valence-corrected chi connectivity index (χ4v) is 4.21. The third-order valence-electron chi connectivity index (χ3n) is 6.06. The van der Waals surface area contributed by atoms with Gasteiger partial charge < -0.3 is 15.2 Å². The molecule has 160 valence electrons. The second kappa shape index (κ2) is 8.71. The minimum Gasteiger partial charge on any atom is -0.367 e. The number of H-pyrrole nitrogens is 1. The second-order valence-electron chi connectivity index (χ2n) is 8.23. The van der Waals surface area contributed by atoms with Gasteiger partial charge in [0.05, 0.1) is 17.9 Å². The van der Waals surface area contributed by atoms with Crippen LogP contribution < -0.4 is 10.2 Å². The number of aromatic nitrogens is 2. The molecule has 2 N–H and O–H groups in total. The van der Waals surface area contributed by atoms with Gasteiger partial charge in [-0.3, -0.25) is 4.79 Å². The summed E-state index contributed by atoms with van der Waals surface area (Å²) >= 11 is 0. The lowest BCUT2D eigenvalue weighted by molar-refractivity contribution is 0.0938. The van der Waals surface area contributed by atoms with Gasteiger partial charge in [0.25, 0.3) is 5.91 Å². The summed E-state index contributed by atoms with van der Waals surface area (Å²) in [4.78, 5) is 22.9. The molecule has 2 heterocycles. The largest absolute Gasteiger partial charge is 0.367 e. The van der Waals surface area contributed by atoms with Gasteiger partial charge in [-0.25, -0.2) is 4.98 Å². The highest BCUT2D eigenvalue weighted by atomic mass is 16.1. The normalized spacial score (nSPS) is 14.0. The van der Waals surface area contributed by atoms with Gasteiger partial charge in [-0.15, -0.1) is 0 Å². The molecule has 4 aromatic rings. The van der Waals surface area contributed by atoms with Crippen molar-refractivity contribution in [2.45, 2.75) is 25.9 Å². The van der Waals surface area contributed by atoms with E-state index in [1.165, 1.54) is 11.1 Å². The molecule has 5 heteroatoms. The van der Waals surface area contributed by atoms with Gasteiger partial charge in [-0.1, -0.05) is 54.6 Å². The first-order valence-electron chi connectivity index (χ1n) is 11.0. The van der Waals surface area contributed by atoms with E-state index in [0.717, 1.165) is 42.3 Å². The van der Waals surface area contributed by atoms with Crippen molar-refractivity contribution in [3.63, 3.8) is 0 Å². The molecule has 1 atom stereocenters. The number of carbonyl (C=O) groups excluding carboxylic acids is 1. The van der Waals surface area contributed by atoms with Gasteiger partial charge in [0, 0.05) is 24.3 Å². The van der Waals surface area contributed by atoms with Crippen molar-refractivity contribution < 1.29 is 4.79 Å². The average molecular weight is 423 g/mol. The van der Waals surface area contributed by atoms with Gasteiger partial charge in [-0.05, 0) is 54.3 Å². The van der Waals surface area contributed by atoms with Gasteiger partial charge in [0.15, 0.2) is 0 Å². The molecule has 32 heavy (non-hydrogen) atoms. The van der Waals surface area contributed by atoms with Crippen molar-refractivity contribution in [1.82, 2.24) is 15.3 Å². The number of fused-ring (bicyclic) bond motifs is 1. The maximum absolute atomic E-state index is 12.8. The van der Waals surface area contributed by atoms with E-state index in [-0.39, 0.29) is 11.9 Å². The zero-order valence-electron chi connectivity index (χ0n) is 18.1. The highest BCUT2D eigenvalue weighted by molar-refractivity contribution is 5.94. The number of benzene rings is 3. The van der Waals surface area contributed by atoms with Gasteiger partial charge >= 0.3 is 0 Å². The fraction of sp³-hybridized carbons (Fsp3) is 0.185. The maximum Gasteiger partial charge on any atom is 0.251 e. The van der Waals surface area contributed by atoms with Gasteiger partial charge in [0.2, 0.25) is 0 Å². The molecule has 1 amide bonds. The Kier molecular flexibility index (Phi) is 5.46. The summed E-state index contributed by atoms with van der Waals surface area (Å²) in [5.41, 5.74) is 6.61. The Hall–Kier alpha value is -3.86. The first kappa shape index (κ1) is 20.1. The molecular formula is C27H26N4O. The van der Waals surface area contributed by atoms with Crippen LogP contribution in [0, 0.1) is 0 Å². The van der Waals surface area contributed by atoms with Crippen LogP contribution in [0.5, 0.6) is 0 Å². The maximum atomic E-state index is 12.8. The number of nitrogens with one attached hydrogen (secondary N) is 2. The van der Waals surface area contributed by atoms with E-state index in [1.54, 1.807) is 6.20 Å². The first-order chi connectivity index (χ1) is 15.7. The van der Waals surface area contributed by atoms with Crippen LogP contribution in [0.3, 0.4) is 0 Å². The minimum absolute atomic E-state index is 0.106. The first-order valence-corrected chi connectivity index (χ1v) is 11.0. The Labute approximate surface area is 188 Å². The number of anilines is 1. The third-order valence-corrected chi connectivity index (χ3v) is 6.06. The fourth-order valence-electron chi connectivity index (χ4n) is 4.21. The smallest absolute Gasteiger partial charge is 0.251 e. The quantitative estimate of drug-likeness (QED) is 0.469. The van der Waals surface area contributed by atoms with Crippen molar-refractivity contribution in [3.8, 4) is 11.3 Å². The lowest BCUT2D eigenvalue weighted by Crippen LogP contribution is -2.30. The number of hydrogen-bond acceptors (Lipinski definition) is 3. The Bertz CT molecular complexity index is 1210. The SMILES string of the molecule is CC(NC(=O)c1ccc(N2CCc3ccccc3C2)cc1)c1ncc(-c2ccccc2)[nH]1. The summed E-state index contributed by atoms with van der Waals surface area (Å²) in [6.07, 6.45) is 2.85. The van der Waals surface area contributed by atoms with Crippen LogP contribution in [-0.4, -0.2) is 22.4 Å². The summed E-state index contributed by atoms with van der Waals surface area (Å²) in [6, 6.07) is 26.3. The zero-order chi connectivity index (χ0) is 21.9. The van der Waals surface area contributed by atoms with E-state index < -0.39 is 0 Å². The van der Waals surface area contributed by atoms with Crippen LogP contribution in [0.4, 0.5) is 5.69 Å². The number of imidazole rings is 1. The molecule has 1 unspecified atom stereocenters. The molecule has 0 saturated carbocycles. The molecular weight excluding hydrogens is 396 g/mol. The Balaban J connectivity index is 1.23. The van der Waals surface area contributed by atoms with Gasteiger partial charge in [0.1, 0.15) is 5.82 Å². The van der Waals surface area contributed by atoms with Crippen molar-refractivity contribution >= 4 is 11.6 Å². The monoisotopic (exact) mass is 422 g/mol. The molecule has 0 radical (unpaired) electrons. The summed E-state index contributed by atoms with van der Waals surface area (Å²) in [5, 5.41) is 3.04. The summed E-state index contributed by atoms with van der Waals surface area (Å²) in [7, 11) is 0. The molecule has 1 aromatic heterocycles. The molecule has 0 bridgehead atoms. The highest BCUT2D eigenvalue weighted by Gasteiger charge is 2.18. The summed E-state index contributed by atoms with van der Waals surface area (Å²) in [6.45, 7) is 3.83. The van der Waals surface area contributed by atoms with Crippen LogP contribution in [0.15, 0.2) is 85.1 Å². The standard InChI is InChI=1S/C27H26N4O/c1-19(26-28-17-25(30-26)21-8-3-2-4-9-21)29-27(32)22-11-13-24(14-12-22)31-16-15-20-7-5-6-10-23(20)18-31/h2-14,17,19H,15-16,18H2,1H3,(H,28,30)(H,29,32). The van der Waals surface area contributed by atoms with E-state index in [0.29, 0.717) is 5.56 Å². The van der Waals surface area contributed by atoms with Crippen molar-refractivity contribution in [1.29, 1.82) is 0 Å². The van der Waals surface area contributed by atoms with E-state index in [9.17, 15) is 4.79 Å². The minimum atomic E-state index is -0.224. The number of hydrogen-bond donors (Lipinski definition) is 2. The third kappa shape index (κ3) is 4.14. The number of amides is 1. The predicted molar refractivity (Wildman–Crippen MR) is 128 cm³/mol. The number of rotatable bonds is 5. The molecule has 1 aliphatic rings. The van der Waals surface area contributed by atoms with Crippen molar-refractivity contribution in [2.75, 3.05) is 11.4 Å². The molecule has 5 rings (SSSR count). The Morgan fingerprint density at radius 2 is 1.69 bits per heavy atom. The Morgan fingerprint density at radius 1 is 0.969 bits per heavy atom. The summed E-state index contributed by atoms with van der Waals surface area (Å²) < 4.78 is 0. The van der Waals surface area contributed by atoms with E-state index in [4.69, 9.17) is 0 Å². The van der Waals surface area contributed by atoms with Gasteiger partial charge in [-0.2, -0.15) is 0 Å². The molecule has 0 saturated heterocycles. The number of carbonyl (C=O) groups is 1. The molecule has 3 aromatic carbocycles. The number of nitrogens with zero attached hydrogens (tertiary/aromatic N) is 2. The van der Waals surface area contributed by atoms with Crippen LogP contribution in [-0.2, 0) is 13.0 Å². The molecule has 0 spiro atoms. The molecule has 0 fully saturated rings.